The van der Waals surface area contributed by atoms with Crippen molar-refractivity contribution in [2.24, 2.45) is 0 Å². The average molecular weight is 264 g/mol. The molecule has 5 heteroatoms. The van der Waals surface area contributed by atoms with Gasteiger partial charge in [0.15, 0.2) is 0 Å². The van der Waals surface area contributed by atoms with E-state index in [9.17, 15) is 9.90 Å². The fourth-order valence-electron chi connectivity index (χ4n) is 2.50. The van der Waals surface area contributed by atoms with Crippen LogP contribution in [0.4, 0.5) is 5.82 Å². The molecular formula is C14H20N2O3. The van der Waals surface area contributed by atoms with Crippen molar-refractivity contribution >= 4 is 11.8 Å². The summed E-state index contributed by atoms with van der Waals surface area (Å²) in [6, 6.07) is 1.81. The van der Waals surface area contributed by atoms with Crippen LogP contribution in [-0.4, -0.2) is 41.9 Å². The van der Waals surface area contributed by atoms with Gasteiger partial charge in [0.2, 0.25) is 0 Å². The average Bonchev–Trinajstić information content (AvgIpc) is 2.52. The molecule has 1 aliphatic heterocycles. The summed E-state index contributed by atoms with van der Waals surface area (Å²) in [7, 11) is 0. The van der Waals surface area contributed by atoms with Crippen molar-refractivity contribution in [2.75, 3.05) is 24.6 Å². The summed E-state index contributed by atoms with van der Waals surface area (Å²) in [4.78, 5) is 17.9. The van der Waals surface area contributed by atoms with Gasteiger partial charge in [-0.15, -0.1) is 0 Å². The number of carboxylic acid groups (broad SMARTS) is 1. The Hall–Kier alpha value is -1.62. The lowest BCUT2D eigenvalue weighted by Gasteiger charge is -2.25. The lowest BCUT2D eigenvalue weighted by atomic mass is 10.1. The quantitative estimate of drug-likeness (QED) is 0.885. The second-order valence-corrected chi connectivity index (χ2v) is 5.07. The van der Waals surface area contributed by atoms with Gasteiger partial charge >= 0.3 is 5.97 Å². The summed E-state index contributed by atoms with van der Waals surface area (Å²) < 4.78 is 5.60. The first-order valence-electron chi connectivity index (χ1n) is 6.57. The number of aryl methyl sites for hydroxylation is 2. The summed E-state index contributed by atoms with van der Waals surface area (Å²) in [5, 5.41) is 9.41. The standard InChI is InChI=1S/C14H20N2O3/c1-9-7-10(2)15-13(12(9)14(17)18)16-5-4-6-19-11(3)8-16/h7,11H,4-6,8H2,1-3H3,(H,17,18). The number of pyridine rings is 1. The predicted molar refractivity (Wildman–Crippen MR) is 72.9 cm³/mol. The molecule has 0 aromatic carbocycles. The number of nitrogens with zero attached hydrogens (tertiary/aromatic N) is 2. The molecule has 1 unspecified atom stereocenters. The number of rotatable bonds is 2. The number of aromatic nitrogens is 1. The SMILES string of the molecule is Cc1cc(C)c(C(=O)O)c(N2CCCOC(C)C2)n1. The van der Waals surface area contributed by atoms with E-state index in [1.165, 1.54) is 0 Å². The molecule has 104 valence electrons. The van der Waals surface area contributed by atoms with Crippen molar-refractivity contribution in [3.05, 3.63) is 22.9 Å². The van der Waals surface area contributed by atoms with Gasteiger partial charge in [-0.1, -0.05) is 0 Å². The molecule has 0 spiro atoms. The summed E-state index contributed by atoms with van der Waals surface area (Å²) in [5.74, 6) is -0.347. The highest BCUT2D eigenvalue weighted by atomic mass is 16.5. The molecular weight excluding hydrogens is 244 g/mol. The molecule has 0 radical (unpaired) electrons. The van der Waals surface area contributed by atoms with E-state index in [2.05, 4.69) is 4.98 Å². The molecule has 2 heterocycles. The van der Waals surface area contributed by atoms with Crippen molar-refractivity contribution in [3.8, 4) is 0 Å². The second kappa shape index (κ2) is 5.57. The largest absolute Gasteiger partial charge is 0.478 e. The van der Waals surface area contributed by atoms with Gasteiger partial charge in [-0.2, -0.15) is 0 Å². The van der Waals surface area contributed by atoms with E-state index in [1.807, 2.05) is 31.7 Å². The van der Waals surface area contributed by atoms with Crippen LogP contribution in [0.3, 0.4) is 0 Å². The molecule has 1 saturated heterocycles. The van der Waals surface area contributed by atoms with Crippen LogP contribution in [0.1, 0.15) is 35.0 Å². The zero-order valence-electron chi connectivity index (χ0n) is 11.6. The van der Waals surface area contributed by atoms with Crippen LogP contribution in [0, 0.1) is 13.8 Å². The van der Waals surface area contributed by atoms with E-state index in [0.717, 1.165) is 24.2 Å². The monoisotopic (exact) mass is 264 g/mol. The molecule has 1 atom stereocenters. The fraction of sp³-hybridized carbons (Fsp3) is 0.571. The fourth-order valence-corrected chi connectivity index (χ4v) is 2.50. The first-order chi connectivity index (χ1) is 8.99. The van der Waals surface area contributed by atoms with E-state index >= 15 is 0 Å². The van der Waals surface area contributed by atoms with Crippen molar-refractivity contribution in [2.45, 2.75) is 33.3 Å². The van der Waals surface area contributed by atoms with Crippen molar-refractivity contribution in [1.29, 1.82) is 0 Å². The highest BCUT2D eigenvalue weighted by Crippen LogP contribution is 2.24. The topological polar surface area (TPSA) is 62.7 Å². The predicted octanol–water partition coefficient (Wildman–Crippen LogP) is 2.01. The minimum absolute atomic E-state index is 0.0896. The first-order valence-corrected chi connectivity index (χ1v) is 6.57. The maximum atomic E-state index is 11.5. The third-order valence-corrected chi connectivity index (χ3v) is 3.29. The van der Waals surface area contributed by atoms with E-state index < -0.39 is 5.97 Å². The molecule has 0 bridgehead atoms. The van der Waals surface area contributed by atoms with Crippen LogP contribution in [0.5, 0.6) is 0 Å². The summed E-state index contributed by atoms with van der Waals surface area (Å²) in [6.07, 6.45) is 0.977. The van der Waals surface area contributed by atoms with Crippen molar-refractivity contribution in [3.63, 3.8) is 0 Å². The summed E-state index contributed by atoms with van der Waals surface area (Å²) >= 11 is 0. The molecule has 1 N–H and O–H groups in total. The van der Waals surface area contributed by atoms with Crippen LogP contribution in [0.25, 0.3) is 0 Å². The normalized spacial score (nSPS) is 20.2. The lowest BCUT2D eigenvalue weighted by Crippen LogP contribution is -2.32. The summed E-state index contributed by atoms with van der Waals surface area (Å²) in [5.41, 5.74) is 1.91. The zero-order valence-corrected chi connectivity index (χ0v) is 11.6. The van der Waals surface area contributed by atoms with E-state index in [4.69, 9.17) is 4.74 Å². The van der Waals surface area contributed by atoms with E-state index in [1.54, 1.807) is 0 Å². The Labute approximate surface area is 113 Å². The highest BCUT2D eigenvalue weighted by Gasteiger charge is 2.23. The Balaban J connectivity index is 2.44. The van der Waals surface area contributed by atoms with Gasteiger partial charge in [-0.05, 0) is 38.8 Å². The maximum absolute atomic E-state index is 11.5. The number of anilines is 1. The molecule has 0 saturated carbocycles. The molecule has 19 heavy (non-hydrogen) atoms. The van der Waals surface area contributed by atoms with Gasteiger partial charge in [0, 0.05) is 25.4 Å². The highest BCUT2D eigenvalue weighted by molar-refractivity contribution is 5.95. The van der Waals surface area contributed by atoms with Gasteiger partial charge in [-0.3, -0.25) is 0 Å². The third kappa shape index (κ3) is 3.04. The molecule has 0 amide bonds. The Bertz CT molecular complexity index is 488. The van der Waals surface area contributed by atoms with Crippen LogP contribution in [0.2, 0.25) is 0 Å². The Morgan fingerprint density at radius 1 is 1.53 bits per heavy atom. The lowest BCUT2D eigenvalue weighted by molar-refractivity contribution is 0.0695. The van der Waals surface area contributed by atoms with Crippen LogP contribution < -0.4 is 4.90 Å². The van der Waals surface area contributed by atoms with Gasteiger partial charge in [-0.25, -0.2) is 9.78 Å². The Morgan fingerprint density at radius 3 is 2.95 bits per heavy atom. The Kier molecular flexibility index (Phi) is 4.04. The molecule has 1 fully saturated rings. The Morgan fingerprint density at radius 2 is 2.26 bits per heavy atom. The number of hydrogen-bond donors (Lipinski definition) is 1. The molecule has 5 nitrogen and oxygen atoms in total. The minimum atomic E-state index is -0.919. The zero-order chi connectivity index (χ0) is 14.0. The van der Waals surface area contributed by atoms with Gasteiger partial charge in [0.25, 0.3) is 0 Å². The first kappa shape index (κ1) is 13.8. The molecule has 1 aromatic heterocycles. The minimum Gasteiger partial charge on any atom is -0.478 e. The number of ether oxygens (including phenoxy) is 1. The van der Waals surface area contributed by atoms with Crippen molar-refractivity contribution in [1.82, 2.24) is 4.98 Å². The van der Waals surface area contributed by atoms with Gasteiger partial charge < -0.3 is 14.7 Å². The van der Waals surface area contributed by atoms with E-state index in [-0.39, 0.29) is 6.10 Å². The smallest absolute Gasteiger partial charge is 0.339 e. The van der Waals surface area contributed by atoms with Crippen LogP contribution in [0.15, 0.2) is 6.07 Å². The molecule has 2 rings (SSSR count). The van der Waals surface area contributed by atoms with Gasteiger partial charge in [0.05, 0.1) is 6.10 Å². The van der Waals surface area contributed by atoms with Crippen LogP contribution in [-0.2, 0) is 4.74 Å². The van der Waals surface area contributed by atoms with Crippen molar-refractivity contribution < 1.29 is 14.6 Å². The number of aromatic carboxylic acids is 1. The summed E-state index contributed by atoms with van der Waals surface area (Å²) in [6.45, 7) is 7.88. The molecule has 1 aliphatic rings. The second-order valence-electron chi connectivity index (χ2n) is 5.07. The molecule has 1 aromatic rings. The number of hydrogen-bond acceptors (Lipinski definition) is 4. The van der Waals surface area contributed by atoms with E-state index in [0.29, 0.717) is 24.5 Å². The number of carbonyl (C=O) groups is 1. The van der Waals surface area contributed by atoms with Crippen LogP contribution >= 0.6 is 0 Å². The maximum Gasteiger partial charge on any atom is 0.339 e. The number of carboxylic acids is 1. The van der Waals surface area contributed by atoms with Gasteiger partial charge in [0.1, 0.15) is 11.4 Å². The molecule has 0 aliphatic carbocycles. The third-order valence-electron chi connectivity index (χ3n) is 3.29.